The third kappa shape index (κ3) is 1.85. The molecule has 0 radical (unpaired) electrons. The number of aryl methyl sites for hydroxylation is 1. The van der Waals surface area contributed by atoms with Crippen molar-refractivity contribution in [1.29, 1.82) is 5.26 Å². The van der Waals surface area contributed by atoms with E-state index in [2.05, 4.69) is 6.07 Å². The van der Waals surface area contributed by atoms with Gasteiger partial charge in [0.15, 0.2) is 0 Å². The topological polar surface area (TPSA) is 66.0 Å². The molecule has 4 nitrogen and oxygen atoms in total. The van der Waals surface area contributed by atoms with Gasteiger partial charge in [0.05, 0.1) is 5.56 Å². The van der Waals surface area contributed by atoms with Crippen LogP contribution in [0.1, 0.15) is 39.3 Å². The maximum Gasteiger partial charge on any atom is 0.339 e. The van der Waals surface area contributed by atoms with Gasteiger partial charge in [-0.3, -0.25) is 4.57 Å². The zero-order valence-electron chi connectivity index (χ0n) is 10.2. The fraction of sp³-hybridized carbons (Fsp3) is 0.286. The second-order valence-electron chi connectivity index (χ2n) is 4.57. The minimum absolute atomic E-state index is 0.382. The molecule has 0 aromatic carbocycles. The van der Waals surface area contributed by atoms with E-state index in [1.165, 1.54) is 11.3 Å². The summed E-state index contributed by atoms with van der Waals surface area (Å²) in [5.41, 5.74) is 1.82. The molecular formula is C14H12N2O2S. The number of aromatic nitrogens is 1. The van der Waals surface area contributed by atoms with Gasteiger partial charge >= 0.3 is 5.97 Å². The van der Waals surface area contributed by atoms with Crippen LogP contribution < -0.4 is 0 Å². The van der Waals surface area contributed by atoms with Crippen molar-refractivity contribution in [2.75, 3.05) is 0 Å². The van der Waals surface area contributed by atoms with Crippen LogP contribution in [-0.2, 0) is 12.8 Å². The highest BCUT2D eigenvalue weighted by atomic mass is 32.1. The van der Waals surface area contributed by atoms with E-state index in [4.69, 9.17) is 5.26 Å². The monoisotopic (exact) mass is 272 g/mol. The van der Waals surface area contributed by atoms with Crippen molar-refractivity contribution in [1.82, 2.24) is 4.57 Å². The molecular weight excluding hydrogens is 260 g/mol. The molecule has 0 spiro atoms. The molecule has 0 aliphatic heterocycles. The molecule has 2 heterocycles. The van der Waals surface area contributed by atoms with Gasteiger partial charge in [-0.05, 0) is 43.4 Å². The lowest BCUT2D eigenvalue weighted by molar-refractivity contribution is 0.0696. The molecule has 3 rings (SSSR count). The molecule has 2 aromatic rings. The maximum absolute atomic E-state index is 11.6. The molecule has 0 bridgehead atoms. The van der Waals surface area contributed by atoms with Gasteiger partial charge in [0.1, 0.15) is 16.8 Å². The standard InChI is InChI=1S/C14H12N2O2S/c15-8-9-4-3-7-16(9)13-12(14(17)18)10-5-1-2-6-11(10)19-13/h3-4,7H,1-2,5-6H2,(H,17,18). The molecule has 1 aliphatic rings. The molecule has 0 unspecified atom stereocenters. The molecule has 0 amide bonds. The highest BCUT2D eigenvalue weighted by Gasteiger charge is 2.26. The van der Waals surface area contributed by atoms with Crippen LogP contribution in [0.4, 0.5) is 0 Å². The van der Waals surface area contributed by atoms with E-state index < -0.39 is 5.97 Å². The Morgan fingerprint density at radius 2 is 2.21 bits per heavy atom. The van der Waals surface area contributed by atoms with Crippen molar-refractivity contribution in [3.05, 3.63) is 40.0 Å². The first-order valence-corrected chi connectivity index (χ1v) is 6.99. The molecule has 0 fully saturated rings. The number of nitrogens with zero attached hydrogens (tertiary/aromatic N) is 2. The largest absolute Gasteiger partial charge is 0.478 e. The van der Waals surface area contributed by atoms with Crippen LogP contribution in [0, 0.1) is 11.3 Å². The Balaban J connectivity index is 2.24. The number of hydrogen-bond acceptors (Lipinski definition) is 3. The van der Waals surface area contributed by atoms with Crippen molar-refractivity contribution < 1.29 is 9.90 Å². The Labute approximate surface area is 114 Å². The minimum atomic E-state index is -0.896. The molecule has 2 aromatic heterocycles. The summed E-state index contributed by atoms with van der Waals surface area (Å²) in [7, 11) is 0. The quantitative estimate of drug-likeness (QED) is 0.914. The summed E-state index contributed by atoms with van der Waals surface area (Å²) in [5.74, 6) is -0.896. The Morgan fingerprint density at radius 1 is 1.42 bits per heavy atom. The summed E-state index contributed by atoms with van der Waals surface area (Å²) in [5, 5.41) is 19.2. The van der Waals surface area contributed by atoms with Crippen LogP contribution in [0.15, 0.2) is 18.3 Å². The van der Waals surface area contributed by atoms with Crippen LogP contribution in [0.2, 0.25) is 0 Å². The van der Waals surface area contributed by atoms with E-state index in [1.807, 2.05) is 0 Å². The van der Waals surface area contributed by atoms with Gasteiger partial charge in [0.25, 0.3) is 0 Å². The van der Waals surface area contributed by atoms with Gasteiger partial charge in [-0.2, -0.15) is 5.26 Å². The predicted molar refractivity (Wildman–Crippen MR) is 72.0 cm³/mol. The lowest BCUT2D eigenvalue weighted by Gasteiger charge is -2.10. The number of carbonyl (C=O) groups is 1. The number of nitriles is 1. The van der Waals surface area contributed by atoms with Gasteiger partial charge in [0.2, 0.25) is 0 Å². The van der Waals surface area contributed by atoms with E-state index in [-0.39, 0.29) is 0 Å². The van der Waals surface area contributed by atoms with E-state index in [0.717, 1.165) is 36.1 Å². The number of carboxylic acids is 1. The first-order valence-electron chi connectivity index (χ1n) is 6.18. The van der Waals surface area contributed by atoms with Crippen LogP contribution in [-0.4, -0.2) is 15.6 Å². The summed E-state index contributed by atoms with van der Waals surface area (Å²) in [6, 6.07) is 5.56. The van der Waals surface area contributed by atoms with E-state index in [9.17, 15) is 9.90 Å². The smallest absolute Gasteiger partial charge is 0.339 e. The number of thiophene rings is 1. The predicted octanol–water partition coefficient (Wildman–Crippen LogP) is 2.99. The average molecular weight is 272 g/mol. The van der Waals surface area contributed by atoms with Gasteiger partial charge in [-0.1, -0.05) is 0 Å². The van der Waals surface area contributed by atoms with Gasteiger partial charge < -0.3 is 5.11 Å². The summed E-state index contributed by atoms with van der Waals surface area (Å²) >= 11 is 1.51. The molecule has 0 atom stereocenters. The molecule has 19 heavy (non-hydrogen) atoms. The van der Waals surface area contributed by atoms with Crippen molar-refractivity contribution in [3.63, 3.8) is 0 Å². The lowest BCUT2D eigenvalue weighted by atomic mass is 9.95. The van der Waals surface area contributed by atoms with E-state index in [0.29, 0.717) is 16.3 Å². The third-order valence-electron chi connectivity index (χ3n) is 3.45. The zero-order chi connectivity index (χ0) is 13.4. The summed E-state index contributed by atoms with van der Waals surface area (Å²) in [6.45, 7) is 0. The van der Waals surface area contributed by atoms with Crippen molar-refractivity contribution in [3.8, 4) is 11.1 Å². The summed E-state index contributed by atoms with van der Waals surface area (Å²) < 4.78 is 1.69. The molecule has 1 aliphatic carbocycles. The fourth-order valence-corrected chi connectivity index (χ4v) is 3.97. The van der Waals surface area contributed by atoms with E-state index >= 15 is 0 Å². The first kappa shape index (κ1) is 12.0. The maximum atomic E-state index is 11.6. The highest BCUT2D eigenvalue weighted by Crippen LogP contribution is 2.37. The molecule has 0 saturated carbocycles. The summed E-state index contributed by atoms with van der Waals surface area (Å²) in [6.07, 6.45) is 5.69. The number of rotatable bonds is 2. The Kier molecular flexibility index (Phi) is 2.88. The Hall–Kier alpha value is -2.06. The molecule has 5 heteroatoms. The number of fused-ring (bicyclic) bond motifs is 1. The van der Waals surface area contributed by atoms with Crippen molar-refractivity contribution >= 4 is 17.3 Å². The Morgan fingerprint density at radius 3 is 2.95 bits per heavy atom. The minimum Gasteiger partial charge on any atom is -0.478 e. The molecule has 1 N–H and O–H groups in total. The van der Waals surface area contributed by atoms with Crippen molar-refractivity contribution in [2.24, 2.45) is 0 Å². The normalized spacial score (nSPS) is 13.8. The van der Waals surface area contributed by atoms with Crippen LogP contribution >= 0.6 is 11.3 Å². The summed E-state index contributed by atoms with van der Waals surface area (Å²) in [4.78, 5) is 12.7. The Bertz CT molecular complexity index is 691. The first-order chi connectivity index (χ1) is 9.22. The van der Waals surface area contributed by atoms with Crippen molar-refractivity contribution in [2.45, 2.75) is 25.7 Å². The van der Waals surface area contributed by atoms with Crippen LogP contribution in [0.25, 0.3) is 5.00 Å². The number of carboxylic acid groups (broad SMARTS) is 1. The second-order valence-corrected chi connectivity index (χ2v) is 5.66. The highest BCUT2D eigenvalue weighted by molar-refractivity contribution is 7.15. The van der Waals surface area contributed by atoms with E-state index in [1.54, 1.807) is 22.9 Å². The number of aromatic carboxylic acids is 1. The fourth-order valence-electron chi connectivity index (χ4n) is 2.59. The molecule has 96 valence electrons. The third-order valence-corrected chi connectivity index (χ3v) is 4.74. The van der Waals surface area contributed by atoms with Gasteiger partial charge in [0, 0.05) is 11.1 Å². The van der Waals surface area contributed by atoms with Gasteiger partial charge in [-0.15, -0.1) is 11.3 Å². The zero-order valence-corrected chi connectivity index (χ0v) is 11.0. The SMILES string of the molecule is N#Cc1cccn1-c1sc2c(c1C(=O)O)CCCC2. The lowest BCUT2D eigenvalue weighted by Crippen LogP contribution is -2.08. The van der Waals surface area contributed by atoms with Crippen LogP contribution in [0.3, 0.4) is 0 Å². The van der Waals surface area contributed by atoms with Gasteiger partial charge in [-0.25, -0.2) is 4.79 Å². The number of hydrogen-bond donors (Lipinski definition) is 1. The average Bonchev–Trinajstić information content (AvgIpc) is 3.01. The molecule has 0 saturated heterocycles. The van der Waals surface area contributed by atoms with Crippen LogP contribution in [0.5, 0.6) is 0 Å². The second kappa shape index (κ2) is 4.56.